The molecule has 2 aromatic heterocycles. The number of fused-ring (bicyclic) bond motifs is 1. The molecule has 1 unspecified atom stereocenters. The van der Waals surface area contributed by atoms with Crippen molar-refractivity contribution < 1.29 is 4.79 Å². The van der Waals surface area contributed by atoms with Gasteiger partial charge in [0.05, 0.1) is 6.04 Å². The van der Waals surface area contributed by atoms with Crippen molar-refractivity contribution in [3.63, 3.8) is 0 Å². The van der Waals surface area contributed by atoms with E-state index in [0.29, 0.717) is 6.04 Å². The standard InChI is InChI=1S/C19H29N5O/c1-12(2)16(23-19(25)21-14-8-5-6-9-14)18-22-15-10-7-11-20-17(15)24(18)13(3)4/h7,10-14,16H,5-6,8-9H2,1-4H3,(H2,21,23,25). The van der Waals surface area contributed by atoms with Gasteiger partial charge in [-0.15, -0.1) is 0 Å². The Morgan fingerprint density at radius 2 is 1.96 bits per heavy atom. The van der Waals surface area contributed by atoms with Gasteiger partial charge in [0.25, 0.3) is 0 Å². The quantitative estimate of drug-likeness (QED) is 0.863. The molecule has 1 fully saturated rings. The molecule has 2 N–H and O–H groups in total. The van der Waals surface area contributed by atoms with E-state index in [1.807, 2.05) is 12.1 Å². The van der Waals surface area contributed by atoms with Crippen LogP contribution in [0.1, 0.15) is 71.3 Å². The van der Waals surface area contributed by atoms with Gasteiger partial charge in [0.15, 0.2) is 5.65 Å². The Morgan fingerprint density at radius 3 is 2.60 bits per heavy atom. The summed E-state index contributed by atoms with van der Waals surface area (Å²) in [6, 6.07) is 4.14. The van der Waals surface area contributed by atoms with Crippen molar-refractivity contribution in [3.05, 3.63) is 24.2 Å². The minimum Gasteiger partial charge on any atom is -0.335 e. The van der Waals surface area contributed by atoms with Crippen LogP contribution in [-0.4, -0.2) is 26.6 Å². The highest BCUT2D eigenvalue weighted by Gasteiger charge is 2.27. The number of nitrogens with zero attached hydrogens (tertiary/aromatic N) is 3. The van der Waals surface area contributed by atoms with Crippen molar-refractivity contribution in [1.29, 1.82) is 0 Å². The lowest BCUT2D eigenvalue weighted by atomic mass is 10.0. The van der Waals surface area contributed by atoms with Crippen molar-refractivity contribution in [3.8, 4) is 0 Å². The minimum absolute atomic E-state index is 0.0964. The first kappa shape index (κ1) is 17.7. The molecule has 6 nitrogen and oxygen atoms in total. The second-order valence-electron chi connectivity index (χ2n) is 7.60. The van der Waals surface area contributed by atoms with Gasteiger partial charge in [-0.3, -0.25) is 0 Å². The van der Waals surface area contributed by atoms with E-state index in [1.165, 1.54) is 12.8 Å². The first-order valence-corrected chi connectivity index (χ1v) is 9.37. The molecule has 2 amide bonds. The molecule has 2 aromatic rings. The number of amides is 2. The molecule has 136 valence electrons. The van der Waals surface area contributed by atoms with Crippen LogP contribution in [-0.2, 0) is 0 Å². The van der Waals surface area contributed by atoms with E-state index in [-0.39, 0.29) is 24.0 Å². The molecular weight excluding hydrogens is 314 g/mol. The summed E-state index contributed by atoms with van der Waals surface area (Å²) in [5.74, 6) is 1.10. The van der Waals surface area contributed by atoms with Crippen LogP contribution in [0.2, 0.25) is 0 Å². The Labute approximate surface area is 149 Å². The van der Waals surface area contributed by atoms with E-state index in [0.717, 1.165) is 29.8 Å². The van der Waals surface area contributed by atoms with Crippen molar-refractivity contribution >= 4 is 17.2 Å². The Balaban J connectivity index is 1.88. The highest BCUT2D eigenvalue weighted by atomic mass is 16.2. The van der Waals surface area contributed by atoms with E-state index in [4.69, 9.17) is 4.98 Å². The Hall–Kier alpha value is -2.11. The SMILES string of the molecule is CC(C)C(NC(=O)NC1CCCC1)c1nc2cccnc2n1C(C)C. The first-order valence-electron chi connectivity index (χ1n) is 9.37. The van der Waals surface area contributed by atoms with Crippen LogP contribution in [0.25, 0.3) is 11.2 Å². The summed E-state index contributed by atoms with van der Waals surface area (Å²) < 4.78 is 2.13. The highest BCUT2D eigenvalue weighted by molar-refractivity contribution is 5.75. The van der Waals surface area contributed by atoms with Crippen molar-refractivity contribution in [2.24, 2.45) is 5.92 Å². The number of urea groups is 1. The van der Waals surface area contributed by atoms with Crippen LogP contribution in [0.4, 0.5) is 4.79 Å². The number of pyridine rings is 1. The van der Waals surface area contributed by atoms with E-state index >= 15 is 0 Å². The maximum absolute atomic E-state index is 12.5. The Bertz CT molecular complexity index is 730. The van der Waals surface area contributed by atoms with Gasteiger partial charge in [-0.05, 0) is 44.7 Å². The lowest BCUT2D eigenvalue weighted by molar-refractivity contribution is 0.227. The zero-order valence-electron chi connectivity index (χ0n) is 15.6. The fourth-order valence-corrected chi connectivity index (χ4v) is 3.64. The summed E-state index contributed by atoms with van der Waals surface area (Å²) >= 11 is 0. The average Bonchev–Trinajstić information content (AvgIpc) is 3.18. The lowest BCUT2D eigenvalue weighted by Gasteiger charge is -2.25. The third-order valence-corrected chi connectivity index (χ3v) is 4.91. The largest absolute Gasteiger partial charge is 0.335 e. The van der Waals surface area contributed by atoms with E-state index in [2.05, 4.69) is 47.9 Å². The molecule has 0 saturated heterocycles. The molecule has 0 aliphatic heterocycles. The molecule has 25 heavy (non-hydrogen) atoms. The number of imidazole rings is 1. The molecular formula is C19H29N5O. The van der Waals surface area contributed by atoms with Crippen LogP contribution < -0.4 is 10.6 Å². The van der Waals surface area contributed by atoms with Crippen LogP contribution >= 0.6 is 0 Å². The number of carbonyl (C=O) groups is 1. The van der Waals surface area contributed by atoms with Gasteiger partial charge in [0.1, 0.15) is 11.3 Å². The van der Waals surface area contributed by atoms with E-state index in [9.17, 15) is 4.79 Å². The predicted molar refractivity (Wildman–Crippen MR) is 99.4 cm³/mol. The third kappa shape index (κ3) is 3.78. The summed E-state index contributed by atoms with van der Waals surface area (Å²) in [6.45, 7) is 8.46. The maximum Gasteiger partial charge on any atom is 0.315 e. The second-order valence-corrected chi connectivity index (χ2v) is 7.60. The molecule has 2 heterocycles. The second kappa shape index (κ2) is 7.42. The van der Waals surface area contributed by atoms with Crippen LogP contribution in [0.15, 0.2) is 18.3 Å². The lowest BCUT2D eigenvalue weighted by Crippen LogP contribution is -2.44. The van der Waals surface area contributed by atoms with Gasteiger partial charge in [-0.2, -0.15) is 0 Å². The normalized spacial score (nSPS) is 16.7. The zero-order chi connectivity index (χ0) is 18.0. The van der Waals surface area contributed by atoms with Gasteiger partial charge < -0.3 is 15.2 Å². The van der Waals surface area contributed by atoms with Gasteiger partial charge in [-0.25, -0.2) is 14.8 Å². The summed E-state index contributed by atoms with van der Waals surface area (Å²) in [7, 11) is 0. The highest BCUT2D eigenvalue weighted by Crippen LogP contribution is 2.28. The molecule has 0 radical (unpaired) electrons. The van der Waals surface area contributed by atoms with Crippen molar-refractivity contribution in [2.75, 3.05) is 0 Å². The summed E-state index contributed by atoms with van der Waals surface area (Å²) in [6.07, 6.45) is 6.35. The van der Waals surface area contributed by atoms with Gasteiger partial charge in [0.2, 0.25) is 0 Å². The number of hydrogen-bond acceptors (Lipinski definition) is 3. The molecule has 3 rings (SSSR count). The molecule has 0 spiro atoms. The van der Waals surface area contributed by atoms with Gasteiger partial charge >= 0.3 is 6.03 Å². The summed E-state index contributed by atoms with van der Waals surface area (Å²) in [5.41, 5.74) is 1.74. The number of nitrogens with one attached hydrogen (secondary N) is 2. The maximum atomic E-state index is 12.5. The first-order chi connectivity index (χ1) is 12.0. The number of carbonyl (C=O) groups excluding carboxylic acids is 1. The van der Waals surface area contributed by atoms with Crippen LogP contribution in [0.5, 0.6) is 0 Å². The number of aromatic nitrogens is 3. The predicted octanol–water partition coefficient (Wildman–Crippen LogP) is 3.95. The molecule has 1 atom stereocenters. The molecule has 0 bridgehead atoms. The minimum atomic E-state index is -0.155. The van der Waals surface area contributed by atoms with Gasteiger partial charge in [0, 0.05) is 18.3 Å². The molecule has 6 heteroatoms. The van der Waals surface area contributed by atoms with Crippen LogP contribution in [0.3, 0.4) is 0 Å². The smallest absolute Gasteiger partial charge is 0.315 e. The van der Waals surface area contributed by atoms with Crippen molar-refractivity contribution in [1.82, 2.24) is 25.2 Å². The van der Waals surface area contributed by atoms with Crippen LogP contribution in [0, 0.1) is 5.92 Å². The van der Waals surface area contributed by atoms with Gasteiger partial charge in [-0.1, -0.05) is 26.7 Å². The fraction of sp³-hybridized carbons (Fsp3) is 0.632. The topological polar surface area (TPSA) is 71.8 Å². The Kier molecular flexibility index (Phi) is 5.25. The average molecular weight is 343 g/mol. The van der Waals surface area contributed by atoms with Crippen molar-refractivity contribution in [2.45, 2.75) is 71.5 Å². The monoisotopic (exact) mass is 343 g/mol. The molecule has 1 aliphatic rings. The summed E-state index contributed by atoms with van der Waals surface area (Å²) in [5, 5.41) is 6.27. The molecule has 1 saturated carbocycles. The Morgan fingerprint density at radius 1 is 1.24 bits per heavy atom. The number of rotatable bonds is 5. The van der Waals surface area contributed by atoms with E-state index < -0.39 is 0 Å². The fourth-order valence-electron chi connectivity index (χ4n) is 3.64. The molecule has 0 aromatic carbocycles. The molecule has 1 aliphatic carbocycles. The summed E-state index contributed by atoms with van der Waals surface area (Å²) in [4.78, 5) is 21.8. The third-order valence-electron chi connectivity index (χ3n) is 4.91. The number of hydrogen-bond donors (Lipinski definition) is 2. The zero-order valence-corrected chi connectivity index (χ0v) is 15.6. The van der Waals surface area contributed by atoms with E-state index in [1.54, 1.807) is 6.20 Å².